The Kier molecular flexibility index (Phi) is 3.54. The summed E-state index contributed by atoms with van der Waals surface area (Å²) < 4.78 is 13.4. The summed E-state index contributed by atoms with van der Waals surface area (Å²) in [4.78, 5) is 0. The van der Waals surface area contributed by atoms with Crippen molar-refractivity contribution in [1.82, 2.24) is 10.2 Å². The molecule has 1 unspecified atom stereocenters. The number of hydrogen-bond donors (Lipinski definition) is 2. The molecule has 106 valence electrons. The van der Waals surface area contributed by atoms with E-state index in [0.717, 1.165) is 16.8 Å². The van der Waals surface area contributed by atoms with Crippen LogP contribution in [0, 0.1) is 12.7 Å². The summed E-state index contributed by atoms with van der Waals surface area (Å²) >= 11 is 0. The Morgan fingerprint density at radius 1 is 1.10 bits per heavy atom. The number of halogens is 1. The van der Waals surface area contributed by atoms with Gasteiger partial charge in [0.1, 0.15) is 11.9 Å². The van der Waals surface area contributed by atoms with Crippen LogP contribution in [0.3, 0.4) is 0 Å². The summed E-state index contributed by atoms with van der Waals surface area (Å²) in [7, 11) is 0. The Morgan fingerprint density at radius 2 is 1.86 bits per heavy atom. The van der Waals surface area contributed by atoms with Gasteiger partial charge in [0.2, 0.25) is 0 Å². The van der Waals surface area contributed by atoms with E-state index in [0.29, 0.717) is 11.1 Å². The molecule has 0 aliphatic rings. The smallest absolute Gasteiger partial charge is 0.123 e. The van der Waals surface area contributed by atoms with Gasteiger partial charge < -0.3 is 5.11 Å². The van der Waals surface area contributed by atoms with Crippen LogP contribution in [0.15, 0.2) is 54.7 Å². The van der Waals surface area contributed by atoms with Gasteiger partial charge >= 0.3 is 0 Å². The number of aromatic amines is 1. The monoisotopic (exact) mass is 282 g/mol. The summed E-state index contributed by atoms with van der Waals surface area (Å²) in [5.41, 5.74) is 3.69. The van der Waals surface area contributed by atoms with Crippen molar-refractivity contribution in [3.05, 3.63) is 77.2 Å². The van der Waals surface area contributed by atoms with Crippen LogP contribution in [0.2, 0.25) is 0 Å². The van der Waals surface area contributed by atoms with E-state index in [2.05, 4.69) is 10.2 Å². The number of H-pyrrole nitrogens is 1. The minimum atomic E-state index is -0.922. The molecule has 1 atom stereocenters. The molecule has 0 fully saturated rings. The molecule has 0 aliphatic carbocycles. The van der Waals surface area contributed by atoms with Gasteiger partial charge in [0, 0.05) is 5.56 Å². The summed E-state index contributed by atoms with van der Waals surface area (Å²) in [6.45, 7) is 1.85. The fourth-order valence-corrected chi connectivity index (χ4v) is 2.41. The van der Waals surface area contributed by atoms with Gasteiger partial charge in [-0.25, -0.2) is 4.39 Å². The number of aliphatic hydroxyl groups excluding tert-OH is 1. The maximum atomic E-state index is 13.4. The van der Waals surface area contributed by atoms with Crippen LogP contribution < -0.4 is 0 Å². The summed E-state index contributed by atoms with van der Waals surface area (Å²) in [5, 5.41) is 17.5. The fraction of sp³-hybridized carbons (Fsp3) is 0.118. The molecule has 0 aliphatic heterocycles. The summed E-state index contributed by atoms with van der Waals surface area (Å²) in [5.74, 6) is -0.362. The Morgan fingerprint density at radius 3 is 2.62 bits per heavy atom. The molecule has 3 aromatic rings. The third kappa shape index (κ3) is 2.58. The molecule has 1 heterocycles. The van der Waals surface area contributed by atoms with Gasteiger partial charge in [-0.1, -0.05) is 36.4 Å². The number of benzene rings is 2. The number of aryl methyl sites for hydroxylation is 1. The molecule has 4 heteroatoms. The number of aromatic nitrogens is 2. The van der Waals surface area contributed by atoms with Crippen molar-refractivity contribution in [3.8, 4) is 11.3 Å². The SMILES string of the molecule is Cc1ccc(F)cc1C(O)c1cn[nH]c1-c1ccccc1. The number of aliphatic hydroxyl groups is 1. The first-order chi connectivity index (χ1) is 10.2. The molecule has 2 N–H and O–H groups in total. The van der Waals surface area contributed by atoms with Crippen molar-refractivity contribution in [3.63, 3.8) is 0 Å². The lowest BCUT2D eigenvalue weighted by atomic mass is 9.96. The predicted molar refractivity (Wildman–Crippen MR) is 79.2 cm³/mol. The zero-order valence-electron chi connectivity index (χ0n) is 11.5. The maximum absolute atomic E-state index is 13.4. The molecule has 3 rings (SSSR count). The van der Waals surface area contributed by atoms with Crippen LogP contribution in [0.25, 0.3) is 11.3 Å². The number of hydrogen-bond acceptors (Lipinski definition) is 2. The van der Waals surface area contributed by atoms with Crippen molar-refractivity contribution < 1.29 is 9.50 Å². The molecule has 0 radical (unpaired) electrons. The van der Waals surface area contributed by atoms with E-state index in [-0.39, 0.29) is 5.82 Å². The zero-order chi connectivity index (χ0) is 14.8. The summed E-state index contributed by atoms with van der Waals surface area (Å²) in [6.07, 6.45) is 0.659. The standard InChI is InChI=1S/C17H15FN2O/c1-11-7-8-13(18)9-14(11)17(21)15-10-19-20-16(15)12-5-3-2-4-6-12/h2-10,17,21H,1H3,(H,19,20). The lowest BCUT2D eigenvalue weighted by Gasteiger charge is -2.14. The highest BCUT2D eigenvalue weighted by Gasteiger charge is 2.19. The average Bonchev–Trinajstić information content (AvgIpc) is 2.99. The van der Waals surface area contributed by atoms with Crippen molar-refractivity contribution in [2.24, 2.45) is 0 Å². The van der Waals surface area contributed by atoms with Gasteiger partial charge in [0.15, 0.2) is 0 Å². The first-order valence-electron chi connectivity index (χ1n) is 6.69. The molecule has 0 amide bonds. The van der Waals surface area contributed by atoms with E-state index >= 15 is 0 Å². The van der Waals surface area contributed by atoms with E-state index in [9.17, 15) is 9.50 Å². The quantitative estimate of drug-likeness (QED) is 0.771. The van der Waals surface area contributed by atoms with Gasteiger partial charge in [0.25, 0.3) is 0 Å². The highest BCUT2D eigenvalue weighted by Crippen LogP contribution is 2.31. The van der Waals surface area contributed by atoms with Crippen LogP contribution in [-0.4, -0.2) is 15.3 Å². The lowest BCUT2D eigenvalue weighted by Crippen LogP contribution is -2.03. The summed E-state index contributed by atoms with van der Waals surface area (Å²) in [6, 6.07) is 14.0. The molecule has 3 nitrogen and oxygen atoms in total. The second-order valence-corrected chi connectivity index (χ2v) is 4.97. The number of rotatable bonds is 3. The Labute approximate surface area is 122 Å². The van der Waals surface area contributed by atoms with Crippen LogP contribution in [0.5, 0.6) is 0 Å². The van der Waals surface area contributed by atoms with Crippen molar-refractivity contribution in [2.45, 2.75) is 13.0 Å². The van der Waals surface area contributed by atoms with Crippen LogP contribution in [-0.2, 0) is 0 Å². The predicted octanol–water partition coefficient (Wildman–Crippen LogP) is 3.61. The minimum absolute atomic E-state index is 0.362. The van der Waals surface area contributed by atoms with Gasteiger partial charge in [0.05, 0.1) is 11.9 Å². The van der Waals surface area contributed by atoms with Gasteiger partial charge in [-0.3, -0.25) is 5.10 Å². The van der Waals surface area contributed by atoms with Crippen molar-refractivity contribution >= 4 is 0 Å². The van der Waals surface area contributed by atoms with Crippen molar-refractivity contribution in [1.29, 1.82) is 0 Å². The molecule has 0 saturated heterocycles. The maximum Gasteiger partial charge on any atom is 0.123 e. The second kappa shape index (κ2) is 5.50. The van der Waals surface area contributed by atoms with Crippen molar-refractivity contribution in [2.75, 3.05) is 0 Å². The second-order valence-electron chi connectivity index (χ2n) is 4.97. The Balaban J connectivity index is 2.06. The van der Waals surface area contributed by atoms with Gasteiger partial charge in [-0.15, -0.1) is 0 Å². The van der Waals surface area contributed by atoms with Crippen LogP contribution in [0.4, 0.5) is 4.39 Å². The van der Waals surface area contributed by atoms with E-state index < -0.39 is 6.10 Å². The van der Waals surface area contributed by atoms with E-state index in [1.165, 1.54) is 12.1 Å². The average molecular weight is 282 g/mol. The minimum Gasteiger partial charge on any atom is -0.384 e. The highest BCUT2D eigenvalue weighted by molar-refractivity contribution is 5.64. The fourth-order valence-electron chi connectivity index (χ4n) is 2.41. The molecular formula is C17H15FN2O. The van der Waals surface area contributed by atoms with E-state index in [1.807, 2.05) is 37.3 Å². The van der Waals surface area contributed by atoms with Crippen LogP contribution >= 0.6 is 0 Å². The first-order valence-corrected chi connectivity index (χ1v) is 6.69. The lowest BCUT2D eigenvalue weighted by molar-refractivity contribution is 0.219. The zero-order valence-corrected chi connectivity index (χ0v) is 11.5. The third-order valence-corrected chi connectivity index (χ3v) is 3.56. The van der Waals surface area contributed by atoms with Crippen LogP contribution in [0.1, 0.15) is 22.8 Å². The van der Waals surface area contributed by atoms with E-state index in [4.69, 9.17) is 0 Å². The molecule has 0 bridgehead atoms. The molecule has 21 heavy (non-hydrogen) atoms. The molecule has 1 aromatic heterocycles. The largest absolute Gasteiger partial charge is 0.384 e. The molecule has 2 aromatic carbocycles. The third-order valence-electron chi connectivity index (χ3n) is 3.56. The first kappa shape index (κ1) is 13.5. The van der Waals surface area contributed by atoms with Gasteiger partial charge in [-0.05, 0) is 35.7 Å². The normalized spacial score (nSPS) is 12.3. The number of nitrogens with one attached hydrogen (secondary N) is 1. The van der Waals surface area contributed by atoms with E-state index in [1.54, 1.807) is 12.3 Å². The molecule has 0 saturated carbocycles. The topological polar surface area (TPSA) is 48.9 Å². The highest BCUT2D eigenvalue weighted by atomic mass is 19.1. The number of nitrogens with zero attached hydrogens (tertiary/aromatic N) is 1. The molecule has 0 spiro atoms. The molecular weight excluding hydrogens is 267 g/mol. The Bertz CT molecular complexity index is 752. The van der Waals surface area contributed by atoms with Gasteiger partial charge in [-0.2, -0.15) is 5.10 Å². The Hall–Kier alpha value is -2.46.